The van der Waals surface area contributed by atoms with Crippen LogP contribution in [0.2, 0.25) is 0 Å². The lowest BCUT2D eigenvalue weighted by molar-refractivity contribution is 0.0470. The summed E-state index contributed by atoms with van der Waals surface area (Å²) >= 11 is 0. The lowest BCUT2D eigenvalue weighted by atomic mass is 10.1. The van der Waals surface area contributed by atoms with Crippen LogP contribution >= 0.6 is 0 Å². The maximum Gasteiger partial charge on any atom is 0.254 e. The Balaban J connectivity index is 1.85. The summed E-state index contributed by atoms with van der Waals surface area (Å²) in [4.78, 5) is 14.2. The Kier molecular flexibility index (Phi) is 3.06. The van der Waals surface area contributed by atoms with Crippen LogP contribution in [0.4, 0.5) is 0 Å². The Bertz CT molecular complexity index is 455. The number of hydrogen-bond acceptors (Lipinski definition) is 3. The molecule has 2 atom stereocenters. The number of rotatable bonds is 3. The van der Waals surface area contributed by atoms with E-state index in [-0.39, 0.29) is 18.1 Å². The zero-order valence-corrected chi connectivity index (χ0v) is 10.3. The standard InChI is InChI=1S/C14H18N2O2/c15-8-13-11-5-1-2-6-12(11)14(17)16(13)9-10-4-3-7-18-10/h1-2,5-6,10,13H,3-4,7-9,15H2/t10-,13-/m0/s1. The summed E-state index contributed by atoms with van der Waals surface area (Å²) in [5, 5.41) is 0. The molecule has 96 valence electrons. The van der Waals surface area contributed by atoms with Gasteiger partial charge in [0.05, 0.1) is 12.1 Å². The zero-order chi connectivity index (χ0) is 12.5. The molecule has 0 aromatic heterocycles. The molecule has 1 fully saturated rings. The third kappa shape index (κ3) is 1.82. The highest BCUT2D eigenvalue weighted by molar-refractivity contribution is 5.99. The van der Waals surface area contributed by atoms with E-state index in [9.17, 15) is 4.79 Å². The molecule has 4 nitrogen and oxygen atoms in total. The number of fused-ring (bicyclic) bond motifs is 1. The number of ether oxygens (including phenoxy) is 1. The lowest BCUT2D eigenvalue weighted by Gasteiger charge is -2.26. The molecule has 0 unspecified atom stereocenters. The topological polar surface area (TPSA) is 55.6 Å². The second-order valence-corrected chi connectivity index (χ2v) is 4.93. The van der Waals surface area contributed by atoms with E-state index in [0.717, 1.165) is 30.6 Å². The molecular formula is C14H18N2O2. The van der Waals surface area contributed by atoms with Crippen molar-refractivity contribution >= 4 is 5.91 Å². The largest absolute Gasteiger partial charge is 0.376 e. The van der Waals surface area contributed by atoms with Crippen molar-refractivity contribution in [2.75, 3.05) is 19.7 Å². The van der Waals surface area contributed by atoms with Gasteiger partial charge in [0.1, 0.15) is 0 Å². The minimum absolute atomic E-state index is 0.0119. The van der Waals surface area contributed by atoms with E-state index in [4.69, 9.17) is 10.5 Å². The van der Waals surface area contributed by atoms with E-state index >= 15 is 0 Å². The monoisotopic (exact) mass is 246 g/mol. The highest BCUT2D eigenvalue weighted by Crippen LogP contribution is 2.33. The van der Waals surface area contributed by atoms with E-state index < -0.39 is 0 Å². The van der Waals surface area contributed by atoms with Crippen LogP contribution < -0.4 is 5.73 Å². The van der Waals surface area contributed by atoms with Crippen molar-refractivity contribution in [3.05, 3.63) is 35.4 Å². The second kappa shape index (κ2) is 4.71. The average Bonchev–Trinajstić information content (AvgIpc) is 2.99. The van der Waals surface area contributed by atoms with Crippen molar-refractivity contribution in [1.82, 2.24) is 4.90 Å². The van der Waals surface area contributed by atoms with Crippen molar-refractivity contribution in [3.63, 3.8) is 0 Å². The highest BCUT2D eigenvalue weighted by Gasteiger charge is 2.37. The van der Waals surface area contributed by atoms with Gasteiger partial charge in [-0.3, -0.25) is 4.79 Å². The minimum Gasteiger partial charge on any atom is -0.376 e. The molecule has 1 aromatic rings. The molecule has 0 saturated carbocycles. The molecule has 1 saturated heterocycles. The summed E-state index contributed by atoms with van der Waals surface area (Å²) in [5.41, 5.74) is 7.70. The van der Waals surface area contributed by atoms with Gasteiger partial charge in [-0.1, -0.05) is 18.2 Å². The van der Waals surface area contributed by atoms with Crippen molar-refractivity contribution in [1.29, 1.82) is 0 Å². The first-order valence-electron chi connectivity index (χ1n) is 6.53. The van der Waals surface area contributed by atoms with Crippen molar-refractivity contribution in [2.45, 2.75) is 25.0 Å². The predicted octanol–water partition coefficient (Wildman–Crippen LogP) is 1.32. The molecule has 0 aliphatic carbocycles. The molecule has 2 N–H and O–H groups in total. The number of nitrogens with zero attached hydrogens (tertiary/aromatic N) is 1. The van der Waals surface area contributed by atoms with Gasteiger partial charge in [-0.05, 0) is 24.5 Å². The van der Waals surface area contributed by atoms with Gasteiger partial charge in [0, 0.05) is 25.3 Å². The minimum atomic E-state index is 0.0119. The third-order valence-corrected chi connectivity index (χ3v) is 3.83. The third-order valence-electron chi connectivity index (χ3n) is 3.83. The van der Waals surface area contributed by atoms with E-state index in [2.05, 4.69) is 0 Å². The van der Waals surface area contributed by atoms with Gasteiger partial charge >= 0.3 is 0 Å². The lowest BCUT2D eigenvalue weighted by Crippen LogP contribution is -2.38. The quantitative estimate of drug-likeness (QED) is 0.875. The normalized spacial score (nSPS) is 26.7. The van der Waals surface area contributed by atoms with Gasteiger partial charge in [-0.15, -0.1) is 0 Å². The summed E-state index contributed by atoms with van der Waals surface area (Å²) in [5.74, 6) is 0.0940. The number of amides is 1. The Morgan fingerprint density at radius 1 is 1.39 bits per heavy atom. The molecule has 1 aromatic carbocycles. The van der Waals surface area contributed by atoms with Crippen molar-refractivity contribution < 1.29 is 9.53 Å². The van der Waals surface area contributed by atoms with Crippen LogP contribution in [-0.4, -0.2) is 36.6 Å². The van der Waals surface area contributed by atoms with Crippen LogP contribution in [0.1, 0.15) is 34.8 Å². The first kappa shape index (κ1) is 11.7. The van der Waals surface area contributed by atoms with Crippen molar-refractivity contribution in [2.24, 2.45) is 5.73 Å². The average molecular weight is 246 g/mol. The molecule has 0 radical (unpaired) electrons. The Morgan fingerprint density at radius 2 is 2.22 bits per heavy atom. The fourth-order valence-corrected chi connectivity index (χ4v) is 2.92. The number of benzene rings is 1. The summed E-state index contributed by atoms with van der Waals surface area (Å²) in [7, 11) is 0. The molecule has 2 heterocycles. The second-order valence-electron chi connectivity index (χ2n) is 4.93. The molecule has 4 heteroatoms. The predicted molar refractivity (Wildman–Crippen MR) is 68.2 cm³/mol. The first-order chi connectivity index (χ1) is 8.81. The number of nitrogens with two attached hydrogens (primary N) is 1. The van der Waals surface area contributed by atoms with Gasteiger partial charge in [0.2, 0.25) is 0 Å². The van der Waals surface area contributed by atoms with Crippen LogP contribution in [0.15, 0.2) is 24.3 Å². The molecule has 0 bridgehead atoms. The summed E-state index contributed by atoms with van der Waals surface area (Å²) in [6.07, 6.45) is 2.31. The van der Waals surface area contributed by atoms with Crippen LogP contribution in [0.25, 0.3) is 0 Å². The molecule has 2 aliphatic heterocycles. The summed E-state index contributed by atoms with van der Waals surface area (Å²) < 4.78 is 5.62. The molecule has 3 rings (SSSR count). The van der Waals surface area contributed by atoms with Crippen LogP contribution in [-0.2, 0) is 4.74 Å². The van der Waals surface area contributed by atoms with Crippen LogP contribution in [0.3, 0.4) is 0 Å². The number of carbonyl (C=O) groups is 1. The van der Waals surface area contributed by atoms with Gasteiger partial charge in [0.15, 0.2) is 0 Å². The number of carbonyl (C=O) groups excluding carboxylic acids is 1. The molecule has 1 amide bonds. The van der Waals surface area contributed by atoms with Crippen LogP contribution in [0, 0.1) is 0 Å². The van der Waals surface area contributed by atoms with Crippen LogP contribution in [0.5, 0.6) is 0 Å². The summed E-state index contributed by atoms with van der Waals surface area (Å²) in [6, 6.07) is 7.76. The van der Waals surface area contributed by atoms with E-state index in [1.54, 1.807) is 0 Å². The Labute approximate surface area is 107 Å². The van der Waals surface area contributed by atoms with Gasteiger partial charge in [0.25, 0.3) is 5.91 Å². The Morgan fingerprint density at radius 3 is 2.94 bits per heavy atom. The molecule has 18 heavy (non-hydrogen) atoms. The Hall–Kier alpha value is -1.39. The molecular weight excluding hydrogens is 228 g/mol. The SMILES string of the molecule is NC[C@H]1c2ccccc2C(=O)N1C[C@@H]1CCCO1. The van der Waals surface area contributed by atoms with E-state index in [1.807, 2.05) is 29.2 Å². The summed E-state index contributed by atoms with van der Waals surface area (Å²) in [6.45, 7) is 1.94. The fraction of sp³-hybridized carbons (Fsp3) is 0.500. The first-order valence-corrected chi connectivity index (χ1v) is 6.53. The van der Waals surface area contributed by atoms with Gasteiger partial charge in [-0.25, -0.2) is 0 Å². The highest BCUT2D eigenvalue weighted by atomic mass is 16.5. The van der Waals surface area contributed by atoms with E-state index in [0.29, 0.717) is 13.1 Å². The number of hydrogen-bond donors (Lipinski definition) is 1. The fourth-order valence-electron chi connectivity index (χ4n) is 2.92. The van der Waals surface area contributed by atoms with Gasteiger partial charge < -0.3 is 15.4 Å². The smallest absolute Gasteiger partial charge is 0.254 e. The molecule has 2 aliphatic rings. The maximum atomic E-state index is 12.4. The maximum absolute atomic E-state index is 12.4. The van der Waals surface area contributed by atoms with Gasteiger partial charge in [-0.2, -0.15) is 0 Å². The van der Waals surface area contributed by atoms with E-state index in [1.165, 1.54) is 0 Å². The molecule has 0 spiro atoms. The van der Waals surface area contributed by atoms with Crippen molar-refractivity contribution in [3.8, 4) is 0 Å². The zero-order valence-electron chi connectivity index (χ0n) is 10.3.